The van der Waals surface area contributed by atoms with Crippen molar-refractivity contribution in [3.05, 3.63) is 34.2 Å². The Morgan fingerprint density at radius 3 is 1.79 bits per heavy atom. The zero-order valence-electron chi connectivity index (χ0n) is 7.77. The predicted octanol–water partition coefficient (Wildman–Crippen LogP) is 0.871. The third-order valence-corrected chi connectivity index (χ3v) is 2.45. The highest BCUT2D eigenvalue weighted by Crippen LogP contribution is 2.02. The summed E-state index contributed by atoms with van der Waals surface area (Å²) < 4.78 is 0. The molecule has 2 aliphatic rings. The monoisotopic (exact) mass is 182 g/mol. The zero-order valence-corrected chi connectivity index (χ0v) is 7.77. The molecule has 0 N–H and O–H groups in total. The van der Waals surface area contributed by atoms with E-state index in [1.54, 1.807) is 0 Å². The largest absolute Gasteiger partial charge is 0.245 e. The van der Waals surface area contributed by atoms with Crippen molar-refractivity contribution in [2.24, 2.45) is 0 Å². The molecule has 1 heterocycles. The lowest BCUT2D eigenvalue weighted by atomic mass is 10.1. The second kappa shape index (κ2) is 2.91. The fourth-order valence-corrected chi connectivity index (χ4v) is 1.75. The van der Waals surface area contributed by atoms with Gasteiger partial charge in [0.15, 0.2) is 0 Å². The first-order valence-electron chi connectivity index (χ1n) is 4.85. The highest BCUT2D eigenvalue weighted by Gasteiger charge is 2.03. The molecule has 1 aromatic rings. The van der Waals surface area contributed by atoms with Crippen LogP contribution < -0.4 is 10.7 Å². The summed E-state index contributed by atoms with van der Waals surface area (Å²) in [5.41, 5.74) is 2.00. The summed E-state index contributed by atoms with van der Waals surface area (Å²) in [6, 6.07) is 0. The molecule has 2 nitrogen and oxygen atoms in total. The van der Waals surface area contributed by atoms with Crippen molar-refractivity contribution in [1.29, 1.82) is 0 Å². The number of nitrogens with zero attached hydrogens (tertiary/aromatic N) is 2. The van der Waals surface area contributed by atoms with Gasteiger partial charge in [0.05, 0.1) is 22.1 Å². The summed E-state index contributed by atoms with van der Waals surface area (Å²) in [4.78, 5) is 9.13. The van der Waals surface area contributed by atoms with Gasteiger partial charge in [0.25, 0.3) is 0 Å². The van der Waals surface area contributed by atoms with E-state index < -0.39 is 0 Å². The van der Waals surface area contributed by atoms with E-state index in [2.05, 4.69) is 46.4 Å². The minimum absolute atomic E-state index is 0.966. The van der Waals surface area contributed by atoms with E-state index in [0.717, 1.165) is 34.9 Å². The number of fused-ring (bicyclic) bond motifs is 2. The summed E-state index contributed by atoms with van der Waals surface area (Å²) in [5, 5.41) is 2.04. The number of allylic oxidation sites excluding steroid dienone is 2. The third kappa shape index (κ3) is 1.11. The average molecular weight is 182 g/mol. The lowest BCUT2D eigenvalue weighted by molar-refractivity contribution is 1.04. The lowest BCUT2D eigenvalue weighted by Crippen LogP contribution is -2.27. The average Bonchev–Trinajstić information content (AvgIpc) is 2.26. The van der Waals surface area contributed by atoms with E-state index in [0.29, 0.717) is 0 Å². The smallest absolute Gasteiger partial charge is 0.0888 e. The molecule has 2 heteroatoms. The van der Waals surface area contributed by atoms with Crippen LogP contribution in [0.25, 0.3) is 24.3 Å². The molecule has 3 rings (SSSR count). The summed E-state index contributed by atoms with van der Waals surface area (Å²) in [5.74, 6) is 0. The molecular weight excluding hydrogens is 172 g/mol. The Balaban J connectivity index is 2.38. The molecule has 0 unspecified atom stereocenters. The molecule has 14 heavy (non-hydrogen) atoms. The Hall–Kier alpha value is -1.70. The van der Waals surface area contributed by atoms with E-state index >= 15 is 0 Å². The van der Waals surface area contributed by atoms with Gasteiger partial charge >= 0.3 is 0 Å². The maximum atomic E-state index is 4.57. The van der Waals surface area contributed by atoms with Crippen LogP contribution >= 0.6 is 0 Å². The third-order valence-electron chi connectivity index (χ3n) is 2.45. The Labute approximate surface area is 82.0 Å². The highest BCUT2D eigenvalue weighted by molar-refractivity contribution is 5.57. The fraction of sp³-hybridized carbons (Fsp3) is 0.167. The maximum absolute atomic E-state index is 4.57. The van der Waals surface area contributed by atoms with Gasteiger partial charge in [-0.3, -0.25) is 0 Å². The van der Waals surface area contributed by atoms with Crippen LogP contribution in [0.5, 0.6) is 0 Å². The van der Waals surface area contributed by atoms with Crippen LogP contribution in [0.4, 0.5) is 0 Å². The van der Waals surface area contributed by atoms with Crippen LogP contribution in [-0.4, -0.2) is 9.97 Å². The zero-order chi connectivity index (χ0) is 9.38. The van der Waals surface area contributed by atoms with Gasteiger partial charge in [0.1, 0.15) is 0 Å². The van der Waals surface area contributed by atoms with Gasteiger partial charge < -0.3 is 0 Å². The molecule has 0 fully saturated rings. The van der Waals surface area contributed by atoms with Crippen LogP contribution in [0.2, 0.25) is 0 Å². The quantitative estimate of drug-likeness (QED) is 0.595. The molecule has 0 spiro atoms. The summed E-state index contributed by atoms with van der Waals surface area (Å²) in [6.07, 6.45) is 14.5. The molecule has 0 atom stereocenters. The van der Waals surface area contributed by atoms with Crippen molar-refractivity contribution in [2.75, 3.05) is 0 Å². The summed E-state index contributed by atoms with van der Waals surface area (Å²) in [6.45, 7) is 0. The van der Waals surface area contributed by atoms with Crippen LogP contribution in [0, 0.1) is 0 Å². The molecule has 0 amide bonds. The second-order valence-electron chi connectivity index (χ2n) is 3.45. The Kier molecular flexibility index (Phi) is 1.60. The first-order chi connectivity index (χ1) is 6.93. The van der Waals surface area contributed by atoms with E-state index in [4.69, 9.17) is 0 Å². The standard InChI is InChI=1S/C12H10N2/c1-2-6-10-9(5-1)13-11-7-3-4-8-12(11)14-10/h1,4-8H,2-3H2. The topological polar surface area (TPSA) is 25.8 Å². The number of aromatic nitrogens is 2. The molecule has 0 aromatic carbocycles. The highest BCUT2D eigenvalue weighted by atomic mass is 14.8. The van der Waals surface area contributed by atoms with Gasteiger partial charge in [0, 0.05) is 0 Å². The molecule has 0 bridgehead atoms. The normalized spacial score (nSPS) is 16.6. The van der Waals surface area contributed by atoms with Gasteiger partial charge in [-0.25, -0.2) is 9.97 Å². The predicted molar refractivity (Wildman–Crippen MR) is 57.5 cm³/mol. The van der Waals surface area contributed by atoms with E-state index in [1.807, 2.05) is 0 Å². The Bertz CT molecular complexity index is 499. The molecular formula is C12H10N2. The molecule has 1 aromatic heterocycles. The Morgan fingerprint density at radius 2 is 1.29 bits per heavy atom. The van der Waals surface area contributed by atoms with Crippen molar-refractivity contribution in [1.82, 2.24) is 9.97 Å². The molecule has 0 saturated heterocycles. The van der Waals surface area contributed by atoms with Crippen molar-refractivity contribution >= 4 is 24.3 Å². The fourth-order valence-electron chi connectivity index (χ4n) is 1.75. The van der Waals surface area contributed by atoms with Crippen molar-refractivity contribution in [3.8, 4) is 0 Å². The van der Waals surface area contributed by atoms with Crippen LogP contribution in [-0.2, 0) is 0 Å². The van der Waals surface area contributed by atoms with Gasteiger partial charge in [-0.15, -0.1) is 0 Å². The van der Waals surface area contributed by atoms with E-state index in [-0.39, 0.29) is 0 Å². The van der Waals surface area contributed by atoms with Crippen molar-refractivity contribution < 1.29 is 0 Å². The number of hydrogen-bond acceptors (Lipinski definition) is 2. The van der Waals surface area contributed by atoms with Gasteiger partial charge in [-0.05, 0) is 25.0 Å². The van der Waals surface area contributed by atoms with E-state index in [1.165, 1.54) is 0 Å². The molecule has 0 radical (unpaired) electrons. The first kappa shape index (κ1) is 7.68. The first-order valence-corrected chi connectivity index (χ1v) is 4.85. The van der Waals surface area contributed by atoms with Crippen LogP contribution in [0.15, 0.2) is 12.2 Å². The van der Waals surface area contributed by atoms with Crippen LogP contribution in [0.3, 0.4) is 0 Å². The maximum Gasteiger partial charge on any atom is 0.0888 e. The SMILES string of the molecule is C1=Cc2nc3c(nc2=CC1)C=CCC=3. The Morgan fingerprint density at radius 1 is 0.786 bits per heavy atom. The minimum atomic E-state index is 0.966. The molecule has 68 valence electrons. The summed E-state index contributed by atoms with van der Waals surface area (Å²) in [7, 11) is 0. The van der Waals surface area contributed by atoms with E-state index in [9.17, 15) is 0 Å². The van der Waals surface area contributed by atoms with Crippen molar-refractivity contribution in [2.45, 2.75) is 12.8 Å². The molecule has 0 saturated carbocycles. The molecule has 0 aliphatic heterocycles. The van der Waals surface area contributed by atoms with Gasteiger partial charge in [-0.1, -0.05) is 24.3 Å². The summed E-state index contributed by atoms with van der Waals surface area (Å²) >= 11 is 0. The number of hydrogen-bond donors (Lipinski definition) is 0. The van der Waals surface area contributed by atoms with Crippen molar-refractivity contribution in [3.63, 3.8) is 0 Å². The lowest BCUT2D eigenvalue weighted by Gasteiger charge is -2.05. The van der Waals surface area contributed by atoms with Gasteiger partial charge in [-0.2, -0.15) is 0 Å². The minimum Gasteiger partial charge on any atom is -0.245 e. The van der Waals surface area contributed by atoms with Crippen LogP contribution in [0.1, 0.15) is 24.2 Å². The number of rotatable bonds is 0. The second-order valence-corrected chi connectivity index (χ2v) is 3.45. The van der Waals surface area contributed by atoms with Gasteiger partial charge in [0.2, 0.25) is 0 Å². The molecule has 2 aliphatic carbocycles.